The van der Waals surface area contributed by atoms with Gasteiger partial charge in [-0.3, -0.25) is 5.32 Å². The fourth-order valence-electron chi connectivity index (χ4n) is 5.18. The van der Waals surface area contributed by atoms with Crippen LogP contribution in [0.5, 0.6) is 5.75 Å². The number of fused-ring (bicyclic) bond motifs is 2. The molecule has 26 heavy (non-hydrogen) atoms. The van der Waals surface area contributed by atoms with Crippen LogP contribution in [-0.4, -0.2) is 6.09 Å². The molecule has 2 fully saturated rings. The molecule has 0 spiro atoms. The quantitative estimate of drug-likeness (QED) is 0.729. The molecule has 4 rings (SSSR count). The number of hydrogen-bond donors (Lipinski definition) is 1. The topological polar surface area (TPSA) is 38.3 Å². The Morgan fingerprint density at radius 1 is 1.04 bits per heavy atom. The monoisotopic (exact) mass is 349 g/mol. The van der Waals surface area contributed by atoms with E-state index in [0.29, 0.717) is 17.1 Å². The molecule has 2 aromatic rings. The van der Waals surface area contributed by atoms with E-state index in [-0.39, 0.29) is 0 Å². The molecule has 0 aromatic heterocycles. The molecule has 2 aliphatic rings. The normalized spacial score (nSPS) is 28.7. The van der Waals surface area contributed by atoms with Crippen molar-refractivity contribution >= 4 is 11.8 Å². The first-order chi connectivity index (χ1) is 12.4. The van der Waals surface area contributed by atoms with E-state index in [9.17, 15) is 4.79 Å². The van der Waals surface area contributed by atoms with Gasteiger partial charge in [-0.15, -0.1) is 0 Å². The molecule has 0 saturated heterocycles. The van der Waals surface area contributed by atoms with Crippen LogP contribution in [0.3, 0.4) is 0 Å². The highest BCUT2D eigenvalue weighted by atomic mass is 16.6. The molecule has 0 radical (unpaired) electrons. The van der Waals surface area contributed by atoms with Crippen molar-refractivity contribution in [3.05, 3.63) is 60.2 Å². The largest absolute Gasteiger partial charge is 0.417 e. The Morgan fingerprint density at radius 3 is 2.35 bits per heavy atom. The number of para-hydroxylation sites is 1. The zero-order valence-corrected chi connectivity index (χ0v) is 15.7. The first-order valence-electron chi connectivity index (χ1n) is 9.59. The van der Waals surface area contributed by atoms with Crippen molar-refractivity contribution < 1.29 is 9.53 Å². The molecule has 1 amide bonds. The number of hydrogen-bond acceptors (Lipinski definition) is 2. The predicted octanol–water partition coefficient (Wildman–Crippen LogP) is 6.08. The van der Waals surface area contributed by atoms with Crippen molar-refractivity contribution in [1.82, 2.24) is 0 Å². The number of anilines is 1. The molecule has 0 unspecified atom stereocenters. The first kappa shape index (κ1) is 17.1. The third kappa shape index (κ3) is 3.00. The van der Waals surface area contributed by atoms with E-state index in [4.69, 9.17) is 4.74 Å². The van der Waals surface area contributed by atoms with Gasteiger partial charge in [0.2, 0.25) is 0 Å². The lowest BCUT2D eigenvalue weighted by atomic mass is 9.64. The lowest BCUT2D eigenvalue weighted by molar-refractivity contribution is 0.118. The number of ether oxygens (including phenoxy) is 1. The summed E-state index contributed by atoms with van der Waals surface area (Å²) in [6, 6.07) is 17.4. The van der Waals surface area contributed by atoms with E-state index in [1.54, 1.807) is 0 Å². The second-order valence-corrected chi connectivity index (χ2v) is 8.50. The molecule has 2 saturated carbocycles. The summed E-state index contributed by atoms with van der Waals surface area (Å²) in [5.74, 6) is 3.65. The van der Waals surface area contributed by atoms with Gasteiger partial charge in [-0.25, -0.2) is 4.79 Å². The highest BCUT2D eigenvalue weighted by molar-refractivity contribution is 5.86. The summed E-state index contributed by atoms with van der Waals surface area (Å²) in [4.78, 5) is 12.0. The van der Waals surface area contributed by atoms with Crippen molar-refractivity contribution in [1.29, 1.82) is 0 Å². The average molecular weight is 349 g/mol. The molecule has 2 aliphatic carbocycles. The number of amides is 1. The second kappa shape index (κ2) is 6.46. The Hall–Kier alpha value is -2.29. The SMILES string of the molecule is C[C@@H]1[C@@H]2C[C@H](c3ccc(OC(=O)Nc4ccccc4)cc3)[C@H](C2)C1(C)C. The van der Waals surface area contributed by atoms with Gasteiger partial charge in [0, 0.05) is 5.69 Å². The maximum atomic E-state index is 12.0. The standard InChI is InChI=1S/C23H27NO2/c1-15-17-13-20(21(14-17)23(15,2)3)16-9-11-19(12-10-16)26-22(25)24-18-7-5-4-6-8-18/h4-12,15,17,20-21H,13-14H2,1-3H3,(H,24,25)/t15-,17-,20-,21+/m1/s1. The molecule has 0 aliphatic heterocycles. The van der Waals surface area contributed by atoms with Gasteiger partial charge < -0.3 is 4.74 Å². The predicted molar refractivity (Wildman–Crippen MR) is 104 cm³/mol. The molecule has 3 nitrogen and oxygen atoms in total. The fraction of sp³-hybridized carbons (Fsp3) is 0.435. The van der Waals surface area contributed by atoms with Gasteiger partial charge in [0.15, 0.2) is 0 Å². The van der Waals surface area contributed by atoms with Gasteiger partial charge in [0.05, 0.1) is 0 Å². The third-order valence-corrected chi connectivity index (χ3v) is 6.97. The summed E-state index contributed by atoms with van der Waals surface area (Å²) in [5.41, 5.74) is 2.53. The fourth-order valence-corrected chi connectivity index (χ4v) is 5.18. The first-order valence-corrected chi connectivity index (χ1v) is 9.59. The average Bonchev–Trinajstić information content (AvgIpc) is 3.16. The minimum absolute atomic E-state index is 0.415. The smallest absolute Gasteiger partial charge is 0.410 e. The maximum absolute atomic E-state index is 12.0. The van der Waals surface area contributed by atoms with Crippen molar-refractivity contribution in [2.75, 3.05) is 5.32 Å². The van der Waals surface area contributed by atoms with E-state index in [0.717, 1.165) is 23.4 Å². The summed E-state index contributed by atoms with van der Waals surface area (Å²) in [6.07, 6.45) is 2.19. The summed E-state index contributed by atoms with van der Waals surface area (Å²) in [6.45, 7) is 7.28. The van der Waals surface area contributed by atoms with Crippen molar-refractivity contribution in [3.63, 3.8) is 0 Å². The summed E-state index contributed by atoms with van der Waals surface area (Å²) in [7, 11) is 0. The van der Waals surface area contributed by atoms with E-state index in [1.165, 1.54) is 18.4 Å². The van der Waals surface area contributed by atoms with Crippen molar-refractivity contribution in [2.24, 2.45) is 23.2 Å². The Kier molecular flexibility index (Phi) is 4.26. The van der Waals surface area contributed by atoms with Crippen LogP contribution >= 0.6 is 0 Å². The van der Waals surface area contributed by atoms with E-state index >= 15 is 0 Å². The number of nitrogens with one attached hydrogen (secondary N) is 1. The number of carbonyl (C=O) groups excluding carboxylic acids is 1. The van der Waals surface area contributed by atoms with Gasteiger partial charge in [-0.1, -0.05) is 51.1 Å². The maximum Gasteiger partial charge on any atom is 0.417 e. The second-order valence-electron chi connectivity index (χ2n) is 8.50. The van der Waals surface area contributed by atoms with Crippen LogP contribution in [0.1, 0.15) is 45.1 Å². The van der Waals surface area contributed by atoms with Crippen LogP contribution in [0, 0.1) is 23.2 Å². The van der Waals surface area contributed by atoms with Crippen molar-refractivity contribution in [3.8, 4) is 5.75 Å². The molecule has 3 heteroatoms. The minimum atomic E-state index is -0.459. The van der Waals surface area contributed by atoms with Gasteiger partial charge in [-0.05, 0) is 71.8 Å². The zero-order valence-electron chi connectivity index (χ0n) is 15.7. The number of benzene rings is 2. The van der Waals surface area contributed by atoms with Crippen LogP contribution in [0.15, 0.2) is 54.6 Å². The lowest BCUT2D eigenvalue weighted by Gasteiger charge is -2.41. The summed E-state index contributed by atoms with van der Waals surface area (Å²) < 4.78 is 5.41. The summed E-state index contributed by atoms with van der Waals surface area (Å²) in [5, 5.41) is 2.74. The Bertz CT molecular complexity index is 782. The van der Waals surface area contributed by atoms with Gasteiger partial charge in [-0.2, -0.15) is 0 Å². The molecule has 2 aromatic carbocycles. The van der Waals surface area contributed by atoms with Crippen molar-refractivity contribution in [2.45, 2.75) is 39.5 Å². The zero-order chi connectivity index (χ0) is 18.3. The highest BCUT2D eigenvalue weighted by Gasteiger charge is 2.55. The Morgan fingerprint density at radius 2 is 1.73 bits per heavy atom. The molecule has 2 bridgehead atoms. The number of carbonyl (C=O) groups is 1. The van der Waals surface area contributed by atoms with Gasteiger partial charge in [0.25, 0.3) is 0 Å². The number of rotatable bonds is 3. The molecule has 4 atom stereocenters. The van der Waals surface area contributed by atoms with Crippen LogP contribution in [-0.2, 0) is 0 Å². The molecule has 136 valence electrons. The van der Waals surface area contributed by atoms with E-state index in [1.807, 2.05) is 42.5 Å². The van der Waals surface area contributed by atoms with Gasteiger partial charge >= 0.3 is 6.09 Å². The van der Waals surface area contributed by atoms with E-state index in [2.05, 4.69) is 38.2 Å². The van der Waals surface area contributed by atoms with Crippen LogP contribution in [0.2, 0.25) is 0 Å². The van der Waals surface area contributed by atoms with Crippen LogP contribution in [0.4, 0.5) is 10.5 Å². The highest BCUT2D eigenvalue weighted by Crippen LogP contribution is 2.64. The lowest BCUT2D eigenvalue weighted by Crippen LogP contribution is -2.32. The van der Waals surface area contributed by atoms with Crippen LogP contribution in [0.25, 0.3) is 0 Å². The third-order valence-electron chi connectivity index (χ3n) is 6.97. The van der Waals surface area contributed by atoms with E-state index < -0.39 is 6.09 Å². The van der Waals surface area contributed by atoms with Crippen LogP contribution < -0.4 is 10.1 Å². The molecule has 0 heterocycles. The Balaban J connectivity index is 1.41. The molecule has 1 N–H and O–H groups in total. The summed E-state index contributed by atoms with van der Waals surface area (Å²) >= 11 is 0. The minimum Gasteiger partial charge on any atom is -0.410 e. The molecular formula is C23H27NO2. The molecular weight excluding hydrogens is 322 g/mol. The van der Waals surface area contributed by atoms with Gasteiger partial charge in [0.1, 0.15) is 5.75 Å². The Labute approximate surface area is 155 Å².